The average Bonchev–Trinajstić information content (AvgIpc) is 2.34. The second kappa shape index (κ2) is 4.25. The molecule has 0 aromatic heterocycles. The summed E-state index contributed by atoms with van der Waals surface area (Å²) in [5, 5.41) is 0. The van der Waals surface area contributed by atoms with Crippen molar-refractivity contribution in [1.82, 2.24) is 0 Å². The van der Waals surface area contributed by atoms with Crippen LogP contribution in [0.2, 0.25) is 0 Å². The molecular formula is C16H22N2O. The van der Waals surface area contributed by atoms with Crippen molar-refractivity contribution in [3.63, 3.8) is 0 Å². The van der Waals surface area contributed by atoms with Gasteiger partial charge in [-0.05, 0) is 24.6 Å². The second-order valence-electron chi connectivity index (χ2n) is 6.68. The Morgan fingerprint density at radius 3 is 2.26 bits per heavy atom. The van der Waals surface area contributed by atoms with E-state index in [1.807, 2.05) is 25.1 Å². The number of hydrogen-bond donors (Lipinski definition) is 1. The molecule has 0 radical (unpaired) electrons. The minimum atomic E-state index is -0.0319. The molecule has 1 saturated carbocycles. The van der Waals surface area contributed by atoms with Gasteiger partial charge in [-0.1, -0.05) is 33.8 Å². The number of rotatable bonds is 2. The fraction of sp³-hybridized carbons (Fsp3) is 0.562. The number of ether oxygens (including phenoxy) is 1. The van der Waals surface area contributed by atoms with Gasteiger partial charge in [0.25, 0.3) is 0 Å². The van der Waals surface area contributed by atoms with Crippen molar-refractivity contribution < 1.29 is 4.74 Å². The van der Waals surface area contributed by atoms with Crippen LogP contribution in [0.5, 0.6) is 5.75 Å². The summed E-state index contributed by atoms with van der Waals surface area (Å²) < 4.78 is 6.15. The third-order valence-electron chi connectivity index (χ3n) is 4.50. The molecular weight excluding hydrogens is 236 g/mol. The molecule has 0 heterocycles. The summed E-state index contributed by atoms with van der Waals surface area (Å²) >= 11 is 0. The summed E-state index contributed by atoms with van der Waals surface area (Å²) in [7, 11) is 0. The highest BCUT2D eigenvalue weighted by Gasteiger charge is 2.61. The maximum atomic E-state index is 7.06. The highest BCUT2D eigenvalue weighted by molar-refractivity contribution is 5.54. The predicted molar refractivity (Wildman–Crippen MR) is 77.4 cm³/mol. The zero-order valence-electron chi connectivity index (χ0n) is 12.3. The van der Waals surface area contributed by atoms with Crippen molar-refractivity contribution in [1.29, 1.82) is 0 Å². The fourth-order valence-electron chi connectivity index (χ4n) is 3.41. The molecule has 102 valence electrons. The van der Waals surface area contributed by atoms with Gasteiger partial charge in [-0.15, -0.1) is 0 Å². The standard InChI is InChI=1S/C16H22N2O/c1-10-9-11(7-8-12(10)18-6)19-14-15(2,3)13(17)16(14,4)5/h7-9,13-14H,17H2,1-5H3. The summed E-state index contributed by atoms with van der Waals surface area (Å²) in [6.45, 7) is 17.6. The molecule has 0 bridgehead atoms. The highest BCUT2D eigenvalue weighted by Crippen LogP contribution is 2.54. The van der Waals surface area contributed by atoms with E-state index in [0.717, 1.165) is 11.3 Å². The van der Waals surface area contributed by atoms with Crippen molar-refractivity contribution in [2.75, 3.05) is 0 Å². The molecule has 1 aliphatic rings. The van der Waals surface area contributed by atoms with E-state index in [4.69, 9.17) is 17.0 Å². The van der Waals surface area contributed by atoms with Crippen molar-refractivity contribution in [2.45, 2.75) is 46.8 Å². The van der Waals surface area contributed by atoms with Crippen LogP contribution in [-0.4, -0.2) is 12.1 Å². The summed E-state index contributed by atoms with van der Waals surface area (Å²) in [6.07, 6.45) is 0.0909. The molecule has 19 heavy (non-hydrogen) atoms. The maximum absolute atomic E-state index is 7.06. The first-order valence-electron chi connectivity index (χ1n) is 6.61. The zero-order chi connectivity index (χ0) is 14.4. The Hall–Kier alpha value is -1.53. The minimum absolute atomic E-state index is 0.0319. The largest absolute Gasteiger partial charge is 0.489 e. The van der Waals surface area contributed by atoms with Gasteiger partial charge in [-0.2, -0.15) is 0 Å². The first kappa shape index (κ1) is 13.9. The first-order chi connectivity index (χ1) is 8.71. The molecule has 1 aliphatic carbocycles. The SMILES string of the molecule is [C-]#[N+]c1ccc(OC2C(C)(C)C(N)C2(C)C)cc1C. The number of aryl methyl sites for hydroxylation is 1. The summed E-state index contributed by atoms with van der Waals surface area (Å²) in [5.74, 6) is 0.822. The van der Waals surface area contributed by atoms with Crippen LogP contribution in [0.15, 0.2) is 18.2 Å². The van der Waals surface area contributed by atoms with Crippen LogP contribution in [0.4, 0.5) is 5.69 Å². The molecule has 0 amide bonds. The van der Waals surface area contributed by atoms with Gasteiger partial charge < -0.3 is 10.5 Å². The predicted octanol–water partition coefficient (Wildman–Crippen LogP) is 3.69. The average molecular weight is 258 g/mol. The molecule has 0 saturated heterocycles. The molecule has 0 unspecified atom stereocenters. The summed E-state index contributed by atoms with van der Waals surface area (Å²) in [4.78, 5) is 3.47. The number of nitrogens with two attached hydrogens (primary N) is 1. The number of hydrogen-bond acceptors (Lipinski definition) is 2. The Labute approximate surface area is 115 Å². The number of benzene rings is 1. The molecule has 0 atom stereocenters. The van der Waals surface area contributed by atoms with Crippen LogP contribution in [-0.2, 0) is 0 Å². The van der Waals surface area contributed by atoms with Gasteiger partial charge in [-0.3, -0.25) is 0 Å². The lowest BCUT2D eigenvalue weighted by Gasteiger charge is -2.61. The minimum Gasteiger partial charge on any atom is -0.489 e. The molecule has 0 spiro atoms. The number of nitrogens with zero attached hydrogens (tertiary/aromatic N) is 1. The van der Waals surface area contributed by atoms with Crippen LogP contribution in [0.1, 0.15) is 33.3 Å². The van der Waals surface area contributed by atoms with E-state index in [0.29, 0.717) is 5.69 Å². The van der Waals surface area contributed by atoms with Gasteiger partial charge in [0.2, 0.25) is 0 Å². The first-order valence-corrected chi connectivity index (χ1v) is 6.61. The van der Waals surface area contributed by atoms with Crippen LogP contribution in [0.25, 0.3) is 4.85 Å². The van der Waals surface area contributed by atoms with Gasteiger partial charge in [0.05, 0.1) is 6.57 Å². The van der Waals surface area contributed by atoms with Crippen LogP contribution in [0.3, 0.4) is 0 Å². The zero-order valence-corrected chi connectivity index (χ0v) is 12.3. The smallest absolute Gasteiger partial charge is 0.190 e. The van der Waals surface area contributed by atoms with E-state index in [2.05, 4.69) is 32.5 Å². The van der Waals surface area contributed by atoms with Crippen molar-refractivity contribution in [3.8, 4) is 5.75 Å². The Kier molecular flexibility index (Phi) is 3.10. The van der Waals surface area contributed by atoms with Gasteiger partial charge >= 0.3 is 0 Å². The lowest BCUT2D eigenvalue weighted by Crippen LogP contribution is -2.72. The molecule has 0 aliphatic heterocycles. The van der Waals surface area contributed by atoms with E-state index in [1.54, 1.807) is 0 Å². The monoisotopic (exact) mass is 258 g/mol. The van der Waals surface area contributed by atoms with E-state index < -0.39 is 0 Å². The van der Waals surface area contributed by atoms with Crippen LogP contribution in [0, 0.1) is 24.3 Å². The van der Waals surface area contributed by atoms with E-state index in [9.17, 15) is 0 Å². The van der Waals surface area contributed by atoms with Crippen molar-refractivity contribution in [3.05, 3.63) is 35.2 Å². The highest BCUT2D eigenvalue weighted by atomic mass is 16.5. The van der Waals surface area contributed by atoms with E-state index in [-0.39, 0.29) is 23.0 Å². The molecule has 1 aromatic rings. The lowest BCUT2D eigenvalue weighted by atomic mass is 9.50. The Balaban J connectivity index is 2.23. The molecule has 2 rings (SSSR count). The van der Waals surface area contributed by atoms with Crippen molar-refractivity contribution >= 4 is 5.69 Å². The third-order valence-corrected chi connectivity index (χ3v) is 4.50. The summed E-state index contributed by atoms with van der Waals surface area (Å²) in [5.41, 5.74) is 7.80. The molecule has 3 heteroatoms. The van der Waals surface area contributed by atoms with Gasteiger partial charge in [0.15, 0.2) is 5.69 Å². The molecule has 3 nitrogen and oxygen atoms in total. The lowest BCUT2D eigenvalue weighted by molar-refractivity contribution is -0.155. The quantitative estimate of drug-likeness (QED) is 0.822. The summed E-state index contributed by atoms with van der Waals surface area (Å²) in [6, 6.07) is 5.75. The van der Waals surface area contributed by atoms with Crippen LogP contribution >= 0.6 is 0 Å². The van der Waals surface area contributed by atoms with Gasteiger partial charge in [0, 0.05) is 16.9 Å². The Bertz CT molecular complexity index is 524. The third kappa shape index (κ3) is 2.01. The van der Waals surface area contributed by atoms with Crippen LogP contribution < -0.4 is 10.5 Å². The van der Waals surface area contributed by atoms with E-state index >= 15 is 0 Å². The van der Waals surface area contributed by atoms with Gasteiger partial charge in [-0.25, -0.2) is 4.85 Å². The van der Waals surface area contributed by atoms with Gasteiger partial charge in [0.1, 0.15) is 11.9 Å². The molecule has 2 N–H and O–H groups in total. The normalized spacial score (nSPS) is 27.2. The van der Waals surface area contributed by atoms with E-state index in [1.165, 1.54) is 0 Å². The topological polar surface area (TPSA) is 39.6 Å². The van der Waals surface area contributed by atoms with Crippen molar-refractivity contribution in [2.24, 2.45) is 16.6 Å². The maximum Gasteiger partial charge on any atom is 0.190 e. The second-order valence-corrected chi connectivity index (χ2v) is 6.68. The Morgan fingerprint density at radius 1 is 1.21 bits per heavy atom. The molecule has 1 fully saturated rings. The fourth-order valence-corrected chi connectivity index (χ4v) is 3.41. The Morgan fingerprint density at radius 2 is 1.79 bits per heavy atom. The molecule has 1 aromatic carbocycles.